The molecule has 2 N–H and O–H groups in total. The largest absolute Gasteiger partial charge is 0.339 e. The molecule has 1 nitrogen and oxygen atoms in total. The summed E-state index contributed by atoms with van der Waals surface area (Å²) >= 11 is 0. The van der Waals surface area contributed by atoms with Crippen molar-refractivity contribution in [3.8, 4) is 0 Å². The van der Waals surface area contributed by atoms with Crippen LogP contribution in [0.3, 0.4) is 0 Å². The van der Waals surface area contributed by atoms with Gasteiger partial charge >= 0.3 is 0 Å². The van der Waals surface area contributed by atoms with E-state index in [1.807, 2.05) is 0 Å². The van der Waals surface area contributed by atoms with Crippen molar-refractivity contribution in [3.05, 3.63) is 70.8 Å². The Labute approximate surface area is 142 Å². The SMILES string of the molecule is CC(C)(C)c1cc(C[NH2+]Cc2ccccc2)cc(C(C)(C)C)c1. The molecule has 2 aromatic rings. The van der Waals surface area contributed by atoms with E-state index in [-0.39, 0.29) is 10.8 Å². The summed E-state index contributed by atoms with van der Waals surface area (Å²) in [6, 6.07) is 17.9. The van der Waals surface area contributed by atoms with Crippen LogP contribution in [0.5, 0.6) is 0 Å². The van der Waals surface area contributed by atoms with E-state index in [0.717, 1.165) is 13.1 Å². The normalized spacial score (nSPS) is 12.4. The van der Waals surface area contributed by atoms with Crippen molar-refractivity contribution in [2.24, 2.45) is 0 Å². The first-order valence-corrected chi connectivity index (χ1v) is 8.67. The average Bonchev–Trinajstić information content (AvgIpc) is 2.46. The van der Waals surface area contributed by atoms with Crippen molar-refractivity contribution in [2.45, 2.75) is 65.5 Å². The molecular formula is C22H32N+. The zero-order valence-electron chi connectivity index (χ0n) is 15.6. The molecule has 0 atom stereocenters. The minimum atomic E-state index is 0.190. The summed E-state index contributed by atoms with van der Waals surface area (Å²) in [7, 11) is 0. The van der Waals surface area contributed by atoms with Gasteiger partial charge in [-0.15, -0.1) is 0 Å². The van der Waals surface area contributed by atoms with Gasteiger partial charge in [0.25, 0.3) is 0 Å². The van der Waals surface area contributed by atoms with Crippen LogP contribution in [0.25, 0.3) is 0 Å². The van der Waals surface area contributed by atoms with Gasteiger partial charge in [0.15, 0.2) is 0 Å². The van der Waals surface area contributed by atoms with Gasteiger partial charge in [-0.3, -0.25) is 0 Å². The predicted molar refractivity (Wildman–Crippen MR) is 99.6 cm³/mol. The smallest absolute Gasteiger partial charge is 0.102 e. The molecule has 0 aliphatic heterocycles. The van der Waals surface area contributed by atoms with Gasteiger partial charge in [-0.25, -0.2) is 0 Å². The molecule has 2 rings (SSSR count). The predicted octanol–water partition coefficient (Wildman–Crippen LogP) is 4.55. The standard InChI is InChI=1S/C22H31N/c1-21(2,3)19-12-18(13-20(14-19)22(4,5)6)16-23-15-17-10-8-7-9-11-17/h7-14,23H,15-16H2,1-6H3/p+1. The summed E-state index contributed by atoms with van der Waals surface area (Å²) < 4.78 is 0. The molecule has 0 aromatic heterocycles. The second-order valence-electron chi connectivity index (χ2n) is 8.60. The molecule has 0 heterocycles. The van der Waals surface area contributed by atoms with E-state index in [9.17, 15) is 0 Å². The van der Waals surface area contributed by atoms with Crippen molar-refractivity contribution < 1.29 is 5.32 Å². The fraction of sp³-hybridized carbons (Fsp3) is 0.455. The first-order valence-electron chi connectivity index (χ1n) is 8.67. The van der Waals surface area contributed by atoms with E-state index in [0.29, 0.717) is 0 Å². The quantitative estimate of drug-likeness (QED) is 0.853. The molecule has 0 aliphatic rings. The summed E-state index contributed by atoms with van der Waals surface area (Å²) in [5.74, 6) is 0. The van der Waals surface area contributed by atoms with Gasteiger partial charge < -0.3 is 5.32 Å². The maximum Gasteiger partial charge on any atom is 0.102 e. The fourth-order valence-corrected chi connectivity index (χ4v) is 2.70. The number of nitrogens with two attached hydrogens (primary N) is 1. The maximum atomic E-state index is 2.39. The zero-order valence-corrected chi connectivity index (χ0v) is 15.6. The molecule has 0 spiro atoms. The minimum Gasteiger partial charge on any atom is -0.339 e. The fourth-order valence-electron chi connectivity index (χ4n) is 2.70. The number of quaternary nitrogens is 1. The molecule has 0 fully saturated rings. The highest BCUT2D eigenvalue weighted by Gasteiger charge is 2.20. The molecule has 23 heavy (non-hydrogen) atoms. The van der Waals surface area contributed by atoms with E-state index in [1.165, 1.54) is 22.3 Å². The molecule has 0 amide bonds. The van der Waals surface area contributed by atoms with Crippen molar-refractivity contribution >= 4 is 0 Å². The van der Waals surface area contributed by atoms with Crippen LogP contribution >= 0.6 is 0 Å². The van der Waals surface area contributed by atoms with Gasteiger partial charge in [0, 0.05) is 11.1 Å². The second-order valence-corrected chi connectivity index (χ2v) is 8.60. The first kappa shape index (κ1) is 17.7. The lowest BCUT2D eigenvalue weighted by atomic mass is 9.79. The maximum absolute atomic E-state index is 2.39. The minimum absolute atomic E-state index is 0.190. The van der Waals surface area contributed by atoms with E-state index in [1.54, 1.807) is 0 Å². The Morgan fingerprint density at radius 3 is 1.61 bits per heavy atom. The third kappa shape index (κ3) is 5.21. The highest BCUT2D eigenvalue weighted by molar-refractivity contribution is 5.37. The van der Waals surface area contributed by atoms with Crippen LogP contribution in [-0.2, 0) is 23.9 Å². The molecule has 124 valence electrons. The lowest BCUT2D eigenvalue weighted by Crippen LogP contribution is -2.80. The summed E-state index contributed by atoms with van der Waals surface area (Å²) in [4.78, 5) is 0. The van der Waals surface area contributed by atoms with Crippen LogP contribution in [0.1, 0.15) is 63.8 Å². The Balaban J connectivity index is 2.17. The Kier molecular flexibility index (Phi) is 5.31. The molecule has 0 bridgehead atoms. The zero-order chi connectivity index (χ0) is 17.1. The molecule has 0 radical (unpaired) electrons. The number of benzene rings is 2. The van der Waals surface area contributed by atoms with Crippen LogP contribution in [0.2, 0.25) is 0 Å². The first-order chi connectivity index (χ1) is 10.7. The molecular weight excluding hydrogens is 278 g/mol. The molecule has 2 aromatic carbocycles. The summed E-state index contributed by atoms with van der Waals surface area (Å²) in [5, 5.41) is 2.39. The highest BCUT2D eigenvalue weighted by atomic mass is 14.8. The van der Waals surface area contributed by atoms with Crippen LogP contribution in [-0.4, -0.2) is 0 Å². The van der Waals surface area contributed by atoms with Crippen LogP contribution in [0.15, 0.2) is 48.5 Å². The Morgan fingerprint density at radius 1 is 0.652 bits per heavy atom. The van der Waals surface area contributed by atoms with Crippen LogP contribution in [0, 0.1) is 0 Å². The van der Waals surface area contributed by atoms with Crippen molar-refractivity contribution in [2.75, 3.05) is 0 Å². The van der Waals surface area contributed by atoms with Gasteiger partial charge in [-0.1, -0.05) is 77.9 Å². The lowest BCUT2D eigenvalue weighted by molar-refractivity contribution is -0.686. The van der Waals surface area contributed by atoms with Gasteiger partial charge in [0.1, 0.15) is 13.1 Å². The van der Waals surface area contributed by atoms with Crippen molar-refractivity contribution in [3.63, 3.8) is 0 Å². The van der Waals surface area contributed by atoms with Gasteiger partial charge in [0.05, 0.1) is 0 Å². The Hall–Kier alpha value is -1.60. The highest BCUT2D eigenvalue weighted by Crippen LogP contribution is 2.30. The van der Waals surface area contributed by atoms with Gasteiger partial charge in [-0.05, 0) is 34.1 Å². The molecule has 0 unspecified atom stereocenters. The number of hydrogen-bond acceptors (Lipinski definition) is 0. The lowest BCUT2D eigenvalue weighted by Gasteiger charge is -2.26. The van der Waals surface area contributed by atoms with Gasteiger partial charge in [0.2, 0.25) is 0 Å². The Morgan fingerprint density at radius 2 is 1.13 bits per heavy atom. The van der Waals surface area contributed by atoms with Crippen LogP contribution < -0.4 is 5.32 Å². The van der Waals surface area contributed by atoms with Crippen molar-refractivity contribution in [1.29, 1.82) is 0 Å². The monoisotopic (exact) mass is 310 g/mol. The number of rotatable bonds is 4. The van der Waals surface area contributed by atoms with E-state index in [2.05, 4.69) is 95.4 Å². The number of hydrogen-bond donors (Lipinski definition) is 1. The average molecular weight is 311 g/mol. The van der Waals surface area contributed by atoms with E-state index in [4.69, 9.17) is 0 Å². The molecule has 1 heteroatoms. The van der Waals surface area contributed by atoms with Gasteiger partial charge in [-0.2, -0.15) is 0 Å². The Bertz CT molecular complexity index is 595. The van der Waals surface area contributed by atoms with E-state index >= 15 is 0 Å². The second kappa shape index (κ2) is 6.88. The summed E-state index contributed by atoms with van der Waals surface area (Å²) in [6.45, 7) is 15.8. The molecule has 0 aliphatic carbocycles. The molecule has 0 saturated heterocycles. The molecule has 0 saturated carbocycles. The van der Waals surface area contributed by atoms with E-state index < -0.39 is 0 Å². The van der Waals surface area contributed by atoms with Crippen LogP contribution in [0.4, 0.5) is 0 Å². The topological polar surface area (TPSA) is 16.6 Å². The third-order valence-corrected chi connectivity index (χ3v) is 4.33. The third-order valence-electron chi connectivity index (χ3n) is 4.33. The summed E-state index contributed by atoms with van der Waals surface area (Å²) in [6.07, 6.45) is 0. The van der Waals surface area contributed by atoms with Crippen molar-refractivity contribution in [1.82, 2.24) is 0 Å². The summed E-state index contributed by atoms with van der Waals surface area (Å²) in [5.41, 5.74) is 6.07.